The van der Waals surface area contributed by atoms with Crippen LogP contribution in [0, 0.1) is 0 Å². The summed E-state index contributed by atoms with van der Waals surface area (Å²) in [4.78, 5) is 11.0. The van der Waals surface area contributed by atoms with Gasteiger partial charge in [-0.2, -0.15) is 13.2 Å². The molecule has 1 rings (SSSR count). The Morgan fingerprint density at radius 3 is 2.61 bits per heavy atom. The number of alkyl halides is 3. The fourth-order valence-corrected chi connectivity index (χ4v) is 1.38. The number of esters is 1. The van der Waals surface area contributed by atoms with Crippen LogP contribution in [0.25, 0.3) is 0 Å². The molecule has 1 aromatic rings. The van der Waals surface area contributed by atoms with Crippen molar-refractivity contribution in [2.75, 3.05) is 13.2 Å². The maximum atomic E-state index is 12.5. The summed E-state index contributed by atoms with van der Waals surface area (Å²) in [6, 6.07) is 3.04. The van der Waals surface area contributed by atoms with E-state index in [1.807, 2.05) is 0 Å². The molecular formula is C11H10ClF3O3. The second-order valence-electron chi connectivity index (χ2n) is 3.23. The molecule has 0 N–H and O–H groups in total. The number of halogens is 4. The molecule has 0 radical (unpaired) electrons. The average Bonchev–Trinajstić information content (AvgIpc) is 2.27. The van der Waals surface area contributed by atoms with Crippen molar-refractivity contribution >= 4 is 17.6 Å². The van der Waals surface area contributed by atoms with Crippen molar-refractivity contribution in [2.24, 2.45) is 0 Å². The lowest BCUT2D eigenvalue weighted by atomic mass is 10.2. The average molecular weight is 283 g/mol. The summed E-state index contributed by atoms with van der Waals surface area (Å²) in [6.45, 7) is 1.34. The van der Waals surface area contributed by atoms with E-state index in [1.54, 1.807) is 6.92 Å². The lowest BCUT2D eigenvalue weighted by Gasteiger charge is -2.11. The first kappa shape index (κ1) is 14.6. The summed E-state index contributed by atoms with van der Waals surface area (Å²) in [5.41, 5.74) is -1.01. The van der Waals surface area contributed by atoms with Crippen molar-refractivity contribution in [1.82, 2.24) is 0 Å². The van der Waals surface area contributed by atoms with E-state index < -0.39 is 29.3 Å². The van der Waals surface area contributed by atoms with Gasteiger partial charge in [-0.1, -0.05) is 11.6 Å². The molecule has 0 atom stereocenters. The van der Waals surface area contributed by atoms with Gasteiger partial charge in [0, 0.05) is 0 Å². The van der Waals surface area contributed by atoms with E-state index >= 15 is 0 Å². The van der Waals surface area contributed by atoms with Crippen LogP contribution < -0.4 is 4.74 Å². The second kappa shape index (κ2) is 5.95. The summed E-state index contributed by atoms with van der Waals surface area (Å²) >= 11 is 5.43. The molecule has 0 aliphatic rings. The molecular weight excluding hydrogens is 273 g/mol. The molecule has 0 aliphatic heterocycles. The third-order valence-corrected chi connectivity index (χ3v) is 2.23. The van der Waals surface area contributed by atoms with Crippen molar-refractivity contribution in [3.05, 3.63) is 28.8 Å². The van der Waals surface area contributed by atoms with E-state index in [0.29, 0.717) is 0 Å². The molecule has 0 aliphatic carbocycles. The Kier molecular flexibility index (Phi) is 4.84. The number of carbonyl (C=O) groups excluding carboxylic acids is 1. The van der Waals surface area contributed by atoms with Gasteiger partial charge in [-0.15, -0.1) is 0 Å². The quantitative estimate of drug-likeness (QED) is 0.795. The highest BCUT2D eigenvalue weighted by Gasteiger charge is 2.33. The molecule has 0 heterocycles. The number of carbonyl (C=O) groups is 1. The van der Waals surface area contributed by atoms with Crippen LogP contribution in [-0.2, 0) is 15.7 Å². The second-order valence-corrected chi connectivity index (χ2v) is 3.64. The fourth-order valence-electron chi connectivity index (χ4n) is 1.16. The van der Waals surface area contributed by atoms with E-state index in [1.165, 1.54) is 6.07 Å². The zero-order chi connectivity index (χ0) is 13.8. The van der Waals surface area contributed by atoms with Crippen LogP contribution >= 0.6 is 11.6 Å². The lowest BCUT2D eigenvalue weighted by Crippen LogP contribution is -2.15. The van der Waals surface area contributed by atoms with Gasteiger partial charge < -0.3 is 9.47 Å². The van der Waals surface area contributed by atoms with E-state index in [4.69, 9.17) is 16.3 Å². The minimum Gasteiger partial charge on any atom is -0.482 e. The van der Waals surface area contributed by atoms with Crippen LogP contribution in [-0.4, -0.2) is 19.2 Å². The maximum Gasteiger partial charge on any atom is 0.417 e. The van der Waals surface area contributed by atoms with Gasteiger partial charge in [-0.25, -0.2) is 4.79 Å². The largest absolute Gasteiger partial charge is 0.482 e. The van der Waals surface area contributed by atoms with Gasteiger partial charge in [0.1, 0.15) is 5.75 Å². The summed E-state index contributed by atoms with van der Waals surface area (Å²) in [5, 5.41) is -0.425. The highest BCUT2D eigenvalue weighted by molar-refractivity contribution is 6.31. The van der Waals surface area contributed by atoms with Crippen LogP contribution in [0.2, 0.25) is 5.02 Å². The predicted octanol–water partition coefficient (Wildman–Crippen LogP) is 3.30. The highest BCUT2D eigenvalue weighted by atomic mass is 35.5. The molecule has 0 fully saturated rings. The molecule has 0 bridgehead atoms. The van der Waals surface area contributed by atoms with Crippen molar-refractivity contribution in [2.45, 2.75) is 13.1 Å². The van der Waals surface area contributed by atoms with Crippen LogP contribution in [0.4, 0.5) is 13.2 Å². The molecule has 3 nitrogen and oxygen atoms in total. The van der Waals surface area contributed by atoms with Gasteiger partial charge in [0.2, 0.25) is 0 Å². The van der Waals surface area contributed by atoms with Crippen LogP contribution in [0.3, 0.4) is 0 Å². The van der Waals surface area contributed by atoms with Gasteiger partial charge in [-0.3, -0.25) is 0 Å². The molecule has 7 heteroatoms. The molecule has 18 heavy (non-hydrogen) atoms. The SMILES string of the molecule is CCOC(=O)COc1ccc(Cl)c(C(F)(F)F)c1. The van der Waals surface area contributed by atoms with E-state index in [2.05, 4.69) is 4.74 Å². The van der Waals surface area contributed by atoms with Gasteiger partial charge in [-0.05, 0) is 25.1 Å². The van der Waals surface area contributed by atoms with Crippen LogP contribution in [0.1, 0.15) is 12.5 Å². The molecule has 0 saturated heterocycles. The number of ether oxygens (including phenoxy) is 2. The molecule has 0 aromatic heterocycles. The summed E-state index contributed by atoms with van der Waals surface area (Å²) in [6.07, 6.45) is -4.57. The molecule has 0 saturated carbocycles. The van der Waals surface area contributed by atoms with E-state index in [-0.39, 0.29) is 12.4 Å². The number of hydrogen-bond acceptors (Lipinski definition) is 3. The number of rotatable bonds is 4. The predicted molar refractivity (Wildman–Crippen MR) is 58.6 cm³/mol. The fraction of sp³-hybridized carbons (Fsp3) is 0.364. The summed E-state index contributed by atoms with van der Waals surface area (Å²) in [7, 11) is 0. The molecule has 0 spiro atoms. The topological polar surface area (TPSA) is 35.5 Å². The van der Waals surface area contributed by atoms with E-state index in [0.717, 1.165) is 12.1 Å². The summed E-state index contributed by atoms with van der Waals surface area (Å²) in [5.74, 6) is -0.749. The summed E-state index contributed by atoms with van der Waals surface area (Å²) < 4.78 is 47.0. The third kappa shape index (κ3) is 4.10. The minimum atomic E-state index is -4.57. The normalized spacial score (nSPS) is 11.2. The lowest BCUT2D eigenvalue weighted by molar-refractivity contribution is -0.145. The van der Waals surface area contributed by atoms with Crippen molar-refractivity contribution in [3.8, 4) is 5.75 Å². The Balaban J connectivity index is 2.77. The Bertz CT molecular complexity index is 432. The van der Waals surface area contributed by atoms with Crippen LogP contribution in [0.5, 0.6) is 5.75 Å². The molecule has 0 unspecified atom stereocenters. The van der Waals surface area contributed by atoms with Gasteiger partial charge in [0.25, 0.3) is 0 Å². The minimum absolute atomic E-state index is 0.0974. The smallest absolute Gasteiger partial charge is 0.417 e. The first-order valence-electron chi connectivity index (χ1n) is 4.99. The van der Waals surface area contributed by atoms with Gasteiger partial charge >= 0.3 is 12.1 Å². The Labute approximate surface area is 106 Å². The first-order chi connectivity index (χ1) is 8.34. The van der Waals surface area contributed by atoms with E-state index in [9.17, 15) is 18.0 Å². The zero-order valence-corrected chi connectivity index (χ0v) is 10.1. The Hall–Kier alpha value is -1.43. The number of hydrogen-bond donors (Lipinski definition) is 0. The Morgan fingerprint density at radius 2 is 2.06 bits per heavy atom. The van der Waals surface area contributed by atoms with Gasteiger partial charge in [0.05, 0.1) is 17.2 Å². The van der Waals surface area contributed by atoms with Gasteiger partial charge in [0.15, 0.2) is 6.61 Å². The highest BCUT2D eigenvalue weighted by Crippen LogP contribution is 2.36. The van der Waals surface area contributed by atoms with Crippen molar-refractivity contribution in [3.63, 3.8) is 0 Å². The molecule has 100 valence electrons. The van der Waals surface area contributed by atoms with Crippen LogP contribution in [0.15, 0.2) is 18.2 Å². The monoisotopic (exact) mass is 282 g/mol. The third-order valence-electron chi connectivity index (χ3n) is 1.91. The molecule has 1 aromatic carbocycles. The van der Waals surface area contributed by atoms with Crippen molar-refractivity contribution < 1.29 is 27.4 Å². The zero-order valence-electron chi connectivity index (χ0n) is 9.38. The number of benzene rings is 1. The Morgan fingerprint density at radius 1 is 1.39 bits per heavy atom. The molecule has 0 amide bonds. The maximum absolute atomic E-state index is 12.5. The first-order valence-corrected chi connectivity index (χ1v) is 5.37. The van der Waals surface area contributed by atoms with Crippen molar-refractivity contribution in [1.29, 1.82) is 0 Å². The standard InChI is InChI=1S/C11H10ClF3O3/c1-2-17-10(16)6-18-7-3-4-9(12)8(5-7)11(13,14)15/h3-5H,2,6H2,1H3.